The van der Waals surface area contributed by atoms with Crippen molar-refractivity contribution in [2.24, 2.45) is 11.7 Å². The number of benzene rings is 2. The van der Waals surface area contributed by atoms with E-state index >= 15 is 0 Å². The second-order valence-electron chi connectivity index (χ2n) is 6.66. The number of pyridine rings is 1. The van der Waals surface area contributed by atoms with Crippen LogP contribution in [0.15, 0.2) is 48.8 Å². The van der Waals surface area contributed by atoms with E-state index in [2.05, 4.69) is 4.98 Å². The lowest BCUT2D eigenvalue weighted by Crippen LogP contribution is -2.29. The predicted octanol–water partition coefficient (Wildman–Crippen LogP) is 3.36. The van der Waals surface area contributed by atoms with Crippen LogP contribution in [0.5, 0.6) is 0 Å². The number of hydrogen-bond acceptors (Lipinski definition) is 3. The average Bonchev–Trinajstić information content (AvgIpc) is 3.11. The first-order chi connectivity index (χ1) is 13.0. The van der Waals surface area contributed by atoms with E-state index in [1.165, 1.54) is 6.07 Å². The van der Waals surface area contributed by atoms with Crippen LogP contribution in [-0.2, 0) is 4.79 Å². The molecule has 1 aliphatic heterocycles. The van der Waals surface area contributed by atoms with Crippen molar-refractivity contribution in [1.29, 1.82) is 0 Å². The molecule has 1 saturated heterocycles. The van der Waals surface area contributed by atoms with Crippen molar-refractivity contribution in [3.05, 3.63) is 71.8 Å². The average molecular weight is 371 g/mol. The molecule has 1 amide bonds. The number of nitrogens with two attached hydrogens (primary N) is 1. The lowest BCUT2D eigenvalue weighted by Gasteiger charge is -2.21. The van der Waals surface area contributed by atoms with Gasteiger partial charge in [-0.25, -0.2) is 13.2 Å². The summed E-state index contributed by atoms with van der Waals surface area (Å²) < 4.78 is 41.3. The van der Waals surface area contributed by atoms with E-state index < -0.39 is 35.2 Å². The molecule has 2 heterocycles. The highest BCUT2D eigenvalue weighted by Crippen LogP contribution is 2.39. The number of amides is 1. The molecule has 4 rings (SSSR count). The summed E-state index contributed by atoms with van der Waals surface area (Å²) in [4.78, 5) is 18.0. The van der Waals surface area contributed by atoms with E-state index in [0.29, 0.717) is 0 Å². The Hall–Kier alpha value is -3.09. The summed E-state index contributed by atoms with van der Waals surface area (Å²) in [5.74, 6) is -6.06. The van der Waals surface area contributed by atoms with Crippen LogP contribution in [0.4, 0.5) is 18.9 Å². The number of carbonyl (C=O) groups is 1. The minimum atomic E-state index is -1.54. The Bertz CT molecular complexity index is 1030. The largest absolute Gasteiger partial charge is 0.370 e. The topological polar surface area (TPSA) is 59.2 Å². The third-order valence-electron chi connectivity index (χ3n) is 5.15. The van der Waals surface area contributed by atoms with Gasteiger partial charge in [-0.2, -0.15) is 0 Å². The Morgan fingerprint density at radius 2 is 1.89 bits per heavy atom. The number of rotatable bonds is 3. The van der Waals surface area contributed by atoms with Crippen LogP contribution in [0, 0.1) is 23.4 Å². The van der Waals surface area contributed by atoms with E-state index in [4.69, 9.17) is 5.73 Å². The summed E-state index contributed by atoms with van der Waals surface area (Å²) in [6, 6.07) is 9.59. The molecular formula is C20H16F3N3O. The smallest absolute Gasteiger partial charge is 0.223 e. The monoisotopic (exact) mass is 371 g/mol. The van der Waals surface area contributed by atoms with Gasteiger partial charge in [-0.05, 0) is 23.8 Å². The van der Waals surface area contributed by atoms with Crippen molar-refractivity contribution in [2.75, 3.05) is 18.0 Å². The Morgan fingerprint density at radius 3 is 2.67 bits per heavy atom. The van der Waals surface area contributed by atoms with Gasteiger partial charge in [0.05, 0.1) is 5.92 Å². The number of halogens is 3. The minimum absolute atomic E-state index is 0.0397. The van der Waals surface area contributed by atoms with Gasteiger partial charge < -0.3 is 10.6 Å². The normalized spacial score (nSPS) is 19.6. The number of nitrogens with zero attached hydrogens (tertiary/aromatic N) is 2. The molecule has 27 heavy (non-hydrogen) atoms. The summed E-state index contributed by atoms with van der Waals surface area (Å²) >= 11 is 0. The van der Waals surface area contributed by atoms with Crippen molar-refractivity contribution in [1.82, 2.24) is 4.98 Å². The fourth-order valence-electron chi connectivity index (χ4n) is 3.81. The number of primary amides is 1. The molecule has 1 aromatic heterocycles. The Kier molecular flexibility index (Phi) is 4.22. The molecule has 0 aliphatic carbocycles. The fourth-order valence-corrected chi connectivity index (χ4v) is 3.81. The minimum Gasteiger partial charge on any atom is -0.370 e. The number of anilines is 1. The predicted molar refractivity (Wildman–Crippen MR) is 95.7 cm³/mol. The van der Waals surface area contributed by atoms with E-state index in [1.807, 2.05) is 29.2 Å². The molecule has 3 aromatic rings. The van der Waals surface area contributed by atoms with Gasteiger partial charge in [0.2, 0.25) is 5.91 Å². The first-order valence-electron chi connectivity index (χ1n) is 8.47. The van der Waals surface area contributed by atoms with Crippen LogP contribution < -0.4 is 10.6 Å². The molecule has 2 atom stereocenters. The van der Waals surface area contributed by atoms with E-state index in [-0.39, 0.29) is 18.7 Å². The Balaban J connectivity index is 1.77. The van der Waals surface area contributed by atoms with E-state index in [9.17, 15) is 18.0 Å². The second-order valence-corrected chi connectivity index (χ2v) is 6.66. The zero-order chi connectivity index (χ0) is 19.1. The van der Waals surface area contributed by atoms with Gasteiger partial charge in [-0.1, -0.05) is 18.2 Å². The molecule has 2 N–H and O–H groups in total. The quantitative estimate of drug-likeness (QED) is 0.719. The van der Waals surface area contributed by atoms with Crippen LogP contribution >= 0.6 is 0 Å². The van der Waals surface area contributed by atoms with Crippen molar-refractivity contribution >= 4 is 22.4 Å². The standard InChI is InChI=1S/C20H16F3N3O/c21-16-5-4-13(18(22)19(16)23)14-9-26(10-15(14)20(24)27)17-3-1-2-11-8-25-7-6-12(11)17/h1-8,14-15H,9-10H2,(H2,24,27). The van der Waals surface area contributed by atoms with E-state index in [0.717, 1.165) is 22.5 Å². The highest BCUT2D eigenvalue weighted by atomic mass is 19.2. The molecule has 2 aromatic carbocycles. The van der Waals surface area contributed by atoms with Crippen molar-refractivity contribution in [3.8, 4) is 0 Å². The van der Waals surface area contributed by atoms with Gasteiger partial charge in [0.15, 0.2) is 17.5 Å². The molecular weight excluding hydrogens is 355 g/mol. The van der Waals surface area contributed by atoms with Crippen LogP contribution in [0.25, 0.3) is 10.8 Å². The molecule has 1 fully saturated rings. The summed E-state index contributed by atoms with van der Waals surface area (Å²) in [7, 11) is 0. The maximum atomic E-state index is 14.3. The molecule has 0 saturated carbocycles. The first-order valence-corrected chi connectivity index (χ1v) is 8.47. The SMILES string of the molecule is NC(=O)C1CN(c2cccc3cnccc23)CC1c1ccc(F)c(F)c1F. The van der Waals surface area contributed by atoms with Crippen LogP contribution in [0.1, 0.15) is 11.5 Å². The molecule has 4 nitrogen and oxygen atoms in total. The van der Waals surface area contributed by atoms with Gasteiger partial charge in [0, 0.05) is 47.9 Å². The number of fused-ring (bicyclic) bond motifs is 1. The molecule has 1 aliphatic rings. The summed E-state index contributed by atoms with van der Waals surface area (Å²) in [6.07, 6.45) is 3.40. The molecule has 0 spiro atoms. The van der Waals surface area contributed by atoms with Gasteiger partial charge in [0.25, 0.3) is 0 Å². The van der Waals surface area contributed by atoms with Gasteiger partial charge in [-0.3, -0.25) is 9.78 Å². The number of hydrogen-bond donors (Lipinski definition) is 1. The Labute approximate surface area is 153 Å². The number of carbonyl (C=O) groups excluding carboxylic acids is 1. The fraction of sp³-hybridized carbons (Fsp3) is 0.200. The summed E-state index contributed by atoms with van der Waals surface area (Å²) in [5.41, 5.74) is 6.34. The highest BCUT2D eigenvalue weighted by Gasteiger charge is 2.40. The molecule has 2 unspecified atom stereocenters. The highest BCUT2D eigenvalue weighted by molar-refractivity contribution is 5.94. The lowest BCUT2D eigenvalue weighted by atomic mass is 9.88. The van der Waals surface area contributed by atoms with Crippen LogP contribution in [-0.4, -0.2) is 24.0 Å². The summed E-state index contributed by atoms with van der Waals surface area (Å²) in [5, 5.41) is 1.86. The van der Waals surface area contributed by atoms with Gasteiger partial charge in [-0.15, -0.1) is 0 Å². The Morgan fingerprint density at radius 1 is 1.07 bits per heavy atom. The maximum absolute atomic E-state index is 14.3. The van der Waals surface area contributed by atoms with Crippen molar-refractivity contribution in [3.63, 3.8) is 0 Å². The maximum Gasteiger partial charge on any atom is 0.223 e. The third kappa shape index (κ3) is 2.89. The molecule has 7 heteroatoms. The zero-order valence-corrected chi connectivity index (χ0v) is 14.2. The van der Waals surface area contributed by atoms with Gasteiger partial charge in [0.1, 0.15) is 0 Å². The number of aromatic nitrogens is 1. The summed E-state index contributed by atoms with van der Waals surface area (Å²) in [6.45, 7) is 0.525. The first kappa shape index (κ1) is 17.3. The zero-order valence-electron chi connectivity index (χ0n) is 14.2. The second kappa shape index (κ2) is 6.57. The van der Waals surface area contributed by atoms with Crippen molar-refractivity contribution < 1.29 is 18.0 Å². The lowest BCUT2D eigenvalue weighted by molar-refractivity contribution is -0.121. The molecule has 0 radical (unpaired) electrons. The van der Waals surface area contributed by atoms with E-state index in [1.54, 1.807) is 12.4 Å². The van der Waals surface area contributed by atoms with Crippen LogP contribution in [0.3, 0.4) is 0 Å². The molecule has 138 valence electrons. The van der Waals surface area contributed by atoms with Gasteiger partial charge >= 0.3 is 0 Å². The van der Waals surface area contributed by atoms with Crippen molar-refractivity contribution in [2.45, 2.75) is 5.92 Å². The van der Waals surface area contributed by atoms with Crippen LogP contribution in [0.2, 0.25) is 0 Å². The third-order valence-corrected chi connectivity index (χ3v) is 5.15. The molecule has 0 bridgehead atoms.